The molecule has 1 N–H and O–H groups in total. The molecule has 0 atom stereocenters. The molecule has 0 fully saturated rings. The summed E-state index contributed by atoms with van der Waals surface area (Å²) in [7, 11) is 0. The Bertz CT molecular complexity index is 672. The van der Waals surface area contributed by atoms with E-state index in [1.165, 1.54) is 0 Å². The van der Waals surface area contributed by atoms with Crippen molar-refractivity contribution in [1.29, 1.82) is 0 Å². The van der Waals surface area contributed by atoms with Gasteiger partial charge in [-0.3, -0.25) is 0 Å². The molecule has 0 unspecified atom stereocenters. The molecule has 0 aliphatic rings. The van der Waals surface area contributed by atoms with Gasteiger partial charge in [-0.05, 0) is 23.3 Å². The lowest BCUT2D eigenvalue weighted by Crippen LogP contribution is -2.34. The van der Waals surface area contributed by atoms with E-state index in [0.29, 0.717) is 11.4 Å². The van der Waals surface area contributed by atoms with Crippen molar-refractivity contribution in [1.82, 2.24) is 0 Å². The number of alkyl halides is 6. The van der Waals surface area contributed by atoms with Gasteiger partial charge in [-0.15, -0.1) is 0 Å². The highest BCUT2D eigenvalue weighted by Gasteiger charge is 2.57. The second kappa shape index (κ2) is 6.59. The smallest absolute Gasteiger partial charge is 0.356 e. The fourth-order valence-electron chi connectivity index (χ4n) is 2.21. The van der Waals surface area contributed by atoms with Crippen molar-refractivity contribution < 1.29 is 26.3 Å². The average molecular weight is 345 g/mol. The van der Waals surface area contributed by atoms with Crippen molar-refractivity contribution in [2.45, 2.75) is 18.3 Å². The minimum Gasteiger partial charge on any atom is -0.356 e. The third kappa shape index (κ3) is 4.31. The van der Waals surface area contributed by atoms with Crippen molar-refractivity contribution in [3.8, 4) is 0 Å². The summed E-state index contributed by atoms with van der Waals surface area (Å²) in [5.41, 5.74) is 0.721. The summed E-state index contributed by atoms with van der Waals surface area (Å²) >= 11 is 0. The lowest BCUT2D eigenvalue weighted by Gasteiger charge is -2.23. The molecule has 0 aliphatic heterocycles. The van der Waals surface area contributed by atoms with Crippen LogP contribution in [-0.4, -0.2) is 12.4 Å². The second-order valence-corrected chi connectivity index (χ2v) is 5.11. The second-order valence-electron chi connectivity index (χ2n) is 5.11. The van der Waals surface area contributed by atoms with E-state index in [-0.39, 0.29) is 0 Å². The van der Waals surface area contributed by atoms with Crippen molar-refractivity contribution in [3.63, 3.8) is 0 Å². The molecule has 24 heavy (non-hydrogen) atoms. The molecule has 2 aromatic rings. The molecular weight excluding hydrogens is 332 g/mol. The standard InChI is InChI=1S/C17H13F6N/c1-11(12-5-3-2-4-6-12)24-14-9-7-13(8-10-14)15(16(18,19)20)17(21,22)23/h2-10,15,24H,1H2. The third-order valence-electron chi connectivity index (χ3n) is 3.32. The summed E-state index contributed by atoms with van der Waals surface area (Å²) in [4.78, 5) is 0. The first-order chi connectivity index (χ1) is 11.1. The zero-order valence-electron chi connectivity index (χ0n) is 12.2. The highest BCUT2D eigenvalue weighted by atomic mass is 19.4. The fourth-order valence-corrected chi connectivity index (χ4v) is 2.21. The van der Waals surface area contributed by atoms with E-state index in [0.717, 1.165) is 29.8 Å². The number of nitrogens with one attached hydrogen (secondary N) is 1. The maximum Gasteiger partial charge on any atom is 0.404 e. The fraction of sp³-hybridized carbons (Fsp3) is 0.176. The Kier molecular flexibility index (Phi) is 4.91. The molecule has 2 aromatic carbocycles. The highest BCUT2D eigenvalue weighted by Crippen LogP contribution is 2.46. The van der Waals surface area contributed by atoms with Crippen molar-refractivity contribution in [2.75, 3.05) is 5.32 Å². The van der Waals surface area contributed by atoms with Crippen LogP contribution in [0, 0.1) is 0 Å². The zero-order valence-corrected chi connectivity index (χ0v) is 12.2. The van der Waals surface area contributed by atoms with Gasteiger partial charge in [0.1, 0.15) is 0 Å². The van der Waals surface area contributed by atoms with Gasteiger partial charge in [0.25, 0.3) is 0 Å². The molecule has 0 saturated carbocycles. The van der Waals surface area contributed by atoms with E-state index in [2.05, 4.69) is 11.9 Å². The topological polar surface area (TPSA) is 12.0 Å². The minimum absolute atomic E-state index is 0.343. The Balaban J connectivity index is 2.20. The first-order valence-corrected chi connectivity index (χ1v) is 6.84. The van der Waals surface area contributed by atoms with Crippen molar-refractivity contribution in [3.05, 3.63) is 72.3 Å². The van der Waals surface area contributed by atoms with Gasteiger partial charge in [0.2, 0.25) is 0 Å². The number of benzene rings is 2. The van der Waals surface area contributed by atoms with E-state index in [1.54, 1.807) is 30.3 Å². The largest absolute Gasteiger partial charge is 0.404 e. The number of anilines is 1. The van der Waals surface area contributed by atoms with Crippen molar-refractivity contribution in [2.24, 2.45) is 0 Å². The number of halogens is 6. The van der Waals surface area contributed by atoms with Crippen LogP contribution in [-0.2, 0) is 0 Å². The molecule has 7 heteroatoms. The van der Waals surface area contributed by atoms with Gasteiger partial charge in [0.15, 0.2) is 5.92 Å². The van der Waals surface area contributed by atoms with Crippen LogP contribution in [0.5, 0.6) is 0 Å². The summed E-state index contributed by atoms with van der Waals surface area (Å²) in [6.07, 6.45) is -10.8. The SMILES string of the molecule is C=C(Nc1ccc(C(C(F)(F)F)C(F)(F)F)cc1)c1ccccc1. The summed E-state index contributed by atoms with van der Waals surface area (Å²) in [6.45, 7) is 3.79. The van der Waals surface area contributed by atoms with Crippen LogP contribution in [0.4, 0.5) is 32.0 Å². The molecule has 0 aliphatic carbocycles. The summed E-state index contributed by atoms with van der Waals surface area (Å²) in [6, 6.07) is 12.9. The monoisotopic (exact) mass is 345 g/mol. The van der Waals surface area contributed by atoms with E-state index < -0.39 is 23.8 Å². The maximum absolute atomic E-state index is 12.7. The molecule has 0 radical (unpaired) electrons. The third-order valence-corrected chi connectivity index (χ3v) is 3.32. The van der Waals surface area contributed by atoms with Crippen LogP contribution in [0.25, 0.3) is 5.70 Å². The zero-order chi connectivity index (χ0) is 18.0. The maximum atomic E-state index is 12.7. The van der Waals surface area contributed by atoms with E-state index in [1.807, 2.05) is 0 Å². The number of hydrogen-bond acceptors (Lipinski definition) is 1. The summed E-state index contributed by atoms with van der Waals surface area (Å²) < 4.78 is 76.1. The van der Waals surface area contributed by atoms with Gasteiger partial charge in [-0.1, -0.05) is 49.0 Å². The molecule has 0 amide bonds. The van der Waals surface area contributed by atoms with Gasteiger partial charge in [-0.2, -0.15) is 26.3 Å². The van der Waals surface area contributed by atoms with Gasteiger partial charge in [0, 0.05) is 11.4 Å². The molecule has 0 heterocycles. The molecular formula is C17H13F6N. The molecule has 1 nitrogen and oxygen atoms in total. The Morgan fingerprint density at radius 3 is 1.75 bits per heavy atom. The van der Waals surface area contributed by atoms with Crippen LogP contribution >= 0.6 is 0 Å². The number of rotatable bonds is 4. The van der Waals surface area contributed by atoms with Gasteiger partial charge in [-0.25, -0.2) is 0 Å². The van der Waals surface area contributed by atoms with Gasteiger partial charge in [0.05, 0.1) is 0 Å². The normalized spacial score (nSPS) is 12.3. The predicted molar refractivity (Wildman–Crippen MR) is 80.4 cm³/mol. The molecule has 0 bridgehead atoms. The van der Waals surface area contributed by atoms with Crippen LogP contribution in [0.1, 0.15) is 17.0 Å². The molecule has 2 rings (SSSR count). The molecule has 128 valence electrons. The average Bonchev–Trinajstić information content (AvgIpc) is 2.47. The minimum atomic E-state index is -5.40. The first-order valence-electron chi connectivity index (χ1n) is 6.84. The highest BCUT2D eigenvalue weighted by molar-refractivity contribution is 5.75. The van der Waals surface area contributed by atoms with E-state index >= 15 is 0 Å². The molecule has 0 saturated heterocycles. The summed E-state index contributed by atoms with van der Waals surface area (Å²) in [5, 5.41) is 2.84. The van der Waals surface area contributed by atoms with Crippen LogP contribution in [0.2, 0.25) is 0 Å². The quantitative estimate of drug-likeness (QED) is 0.673. The Hall–Kier alpha value is -2.44. The lowest BCUT2D eigenvalue weighted by atomic mass is 9.97. The lowest BCUT2D eigenvalue weighted by molar-refractivity contribution is -0.253. The van der Waals surface area contributed by atoms with Gasteiger partial charge >= 0.3 is 12.4 Å². The summed E-state index contributed by atoms with van der Waals surface area (Å²) in [5.74, 6) is -3.50. The number of hydrogen-bond donors (Lipinski definition) is 1. The van der Waals surface area contributed by atoms with Crippen LogP contribution in [0.3, 0.4) is 0 Å². The molecule has 0 spiro atoms. The van der Waals surface area contributed by atoms with Crippen molar-refractivity contribution >= 4 is 11.4 Å². The van der Waals surface area contributed by atoms with E-state index in [9.17, 15) is 26.3 Å². The first kappa shape index (κ1) is 17.9. The predicted octanol–water partition coefficient (Wildman–Crippen LogP) is 5.98. The van der Waals surface area contributed by atoms with Gasteiger partial charge < -0.3 is 5.32 Å². The Morgan fingerprint density at radius 2 is 1.29 bits per heavy atom. The molecule has 0 aromatic heterocycles. The van der Waals surface area contributed by atoms with Crippen LogP contribution < -0.4 is 5.32 Å². The van der Waals surface area contributed by atoms with E-state index in [4.69, 9.17) is 0 Å². The van der Waals surface area contributed by atoms with Crippen LogP contribution in [0.15, 0.2) is 61.2 Å². The Labute approximate surface area is 134 Å². The Morgan fingerprint density at radius 1 is 0.792 bits per heavy atom.